The van der Waals surface area contributed by atoms with Crippen molar-refractivity contribution in [3.63, 3.8) is 0 Å². The van der Waals surface area contributed by atoms with Gasteiger partial charge in [-0.05, 0) is 42.9 Å². The molecule has 1 aromatic rings. The Morgan fingerprint density at radius 1 is 1.40 bits per heavy atom. The molecule has 0 saturated heterocycles. The standard InChI is InChI=1S/C15H14BrNO3/c1-20-13(18)11-4-9(16)5-12-10(11)2-3-17(12)14(19)15-6-8(15)7-15/h4-5,8H,2-3,6-7H2,1H3. The van der Waals surface area contributed by atoms with Crippen LogP contribution in [0, 0.1) is 11.3 Å². The summed E-state index contributed by atoms with van der Waals surface area (Å²) in [7, 11) is 1.38. The van der Waals surface area contributed by atoms with Gasteiger partial charge in [-0.2, -0.15) is 0 Å². The third-order valence-electron chi connectivity index (χ3n) is 4.83. The number of halogens is 1. The van der Waals surface area contributed by atoms with Crippen LogP contribution in [-0.4, -0.2) is 25.5 Å². The predicted molar refractivity (Wildman–Crippen MR) is 76.7 cm³/mol. The number of hydrogen-bond donors (Lipinski definition) is 0. The molecule has 2 fully saturated rings. The Bertz CT molecular complexity index is 649. The van der Waals surface area contributed by atoms with Crippen LogP contribution in [0.4, 0.5) is 5.69 Å². The van der Waals surface area contributed by atoms with Crippen LogP contribution in [0.15, 0.2) is 16.6 Å². The minimum absolute atomic E-state index is 0.0324. The number of rotatable bonds is 2. The molecule has 2 aliphatic carbocycles. The summed E-state index contributed by atoms with van der Waals surface area (Å²) in [4.78, 5) is 26.3. The molecule has 2 saturated carbocycles. The lowest BCUT2D eigenvalue weighted by Crippen LogP contribution is -2.32. The number of amides is 1. The molecule has 0 aromatic heterocycles. The monoisotopic (exact) mass is 335 g/mol. The number of methoxy groups -OCH3 is 1. The maximum atomic E-state index is 12.6. The molecule has 1 aliphatic heterocycles. The van der Waals surface area contributed by atoms with Gasteiger partial charge in [-0.3, -0.25) is 4.79 Å². The molecular weight excluding hydrogens is 322 g/mol. The van der Waals surface area contributed by atoms with Gasteiger partial charge in [0.25, 0.3) is 0 Å². The molecule has 0 spiro atoms. The van der Waals surface area contributed by atoms with Gasteiger partial charge in [-0.25, -0.2) is 4.79 Å². The second kappa shape index (κ2) is 3.85. The summed E-state index contributed by atoms with van der Waals surface area (Å²) in [6.45, 7) is 0.670. The van der Waals surface area contributed by atoms with E-state index < -0.39 is 0 Å². The fourth-order valence-electron chi connectivity index (χ4n) is 3.29. The highest BCUT2D eigenvalue weighted by molar-refractivity contribution is 9.10. The van der Waals surface area contributed by atoms with E-state index in [1.54, 1.807) is 6.07 Å². The van der Waals surface area contributed by atoms with Crippen molar-refractivity contribution in [1.29, 1.82) is 0 Å². The fourth-order valence-corrected chi connectivity index (χ4v) is 3.74. The third kappa shape index (κ3) is 1.53. The average Bonchev–Trinajstić information content (AvgIpc) is 3.25. The zero-order valence-electron chi connectivity index (χ0n) is 11.1. The second-order valence-corrected chi connectivity index (χ2v) is 6.83. The molecular formula is C15H14BrNO3. The predicted octanol–water partition coefficient (Wildman–Crippen LogP) is 2.53. The lowest BCUT2D eigenvalue weighted by molar-refractivity contribution is -0.121. The van der Waals surface area contributed by atoms with Crippen LogP contribution in [0.5, 0.6) is 0 Å². The molecule has 1 amide bonds. The molecule has 0 N–H and O–H groups in total. The van der Waals surface area contributed by atoms with Crippen LogP contribution in [-0.2, 0) is 16.0 Å². The summed E-state index contributed by atoms with van der Waals surface area (Å²) < 4.78 is 5.64. The number of carbonyl (C=O) groups excluding carboxylic acids is 2. The molecule has 4 rings (SSSR count). The summed E-state index contributed by atoms with van der Waals surface area (Å²) in [5.74, 6) is 0.534. The minimum atomic E-state index is -0.342. The molecule has 0 radical (unpaired) electrons. The maximum Gasteiger partial charge on any atom is 0.338 e. The van der Waals surface area contributed by atoms with E-state index in [2.05, 4.69) is 15.9 Å². The Labute approximate surface area is 125 Å². The van der Waals surface area contributed by atoms with Crippen molar-refractivity contribution in [1.82, 2.24) is 0 Å². The normalized spacial score (nSPS) is 28.7. The molecule has 0 atom stereocenters. The van der Waals surface area contributed by atoms with Gasteiger partial charge in [0.1, 0.15) is 0 Å². The van der Waals surface area contributed by atoms with Crippen LogP contribution < -0.4 is 4.90 Å². The van der Waals surface area contributed by atoms with Crippen molar-refractivity contribution in [3.05, 3.63) is 27.7 Å². The zero-order valence-corrected chi connectivity index (χ0v) is 12.7. The summed E-state index contributed by atoms with van der Waals surface area (Å²) in [5, 5.41) is 0. The Morgan fingerprint density at radius 3 is 2.70 bits per heavy atom. The number of ether oxygens (including phenoxy) is 1. The topological polar surface area (TPSA) is 46.6 Å². The molecule has 5 heteroatoms. The summed E-state index contributed by atoms with van der Waals surface area (Å²) in [6.07, 6.45) is 2.82. The molecule has 4 nitrogen and oxygen atoms in total. The van der Waals surface area contributed by atoms with Gasteiger partial charge < -0.3 is 9.64 Å². The quantitative estimate of drug-likeness (QED) is 0.780. The molecule has 0 unspecified atom stereocenters. The van der Waals surface area contributed by atoms with Crippen molar-refractivity contribution in [3.8, 4) is 0 Å². The van der Waals surface area contributed by atoms with Gasteiger partial charge in [0.2, 0.25) is 5.91 Å². The fraction of sp³-hybridized carbons (Fsp3) is 0.467. The zero-order chi connectivity index (χ0) is 14.1. The Hall–Kier alpha value is -1.36. The van der Waals surface area contributed by atoms with Crippen molar-refractivity contribution in [2.45, 2.75) is 19.3 Å². The van der Waals surface area contributed by atoms with Crippen LogP contribution in [0.2, 0.25) is 0 Å². The number of carbonyl (C=O) groups is 2. The van der Waals surface area contributed by atoms with E-state index in [9.17, 15) is 9.59 Å². The highest BCUT2D eigenvalue weighted by Crippen LogP contribution is 2.76. The van der Waals surface area contributed by atoms with Crippen molar-refractivity contribution >= 4 is 33.5 Å². The smallest absolute Gasteiger partial charge is 0.338 e. The Morgan fingerprint density at radius 2 is 2.10 bits per heavy atom. The van der Waals surface area contributed by atoms with Gasteiger partial charge >= 0.3 is 5.97 Å². The molecule has 1 heterocycles. The summed E-state index contributed by atoms with van der Waals surface area (Å²) >= 11 is 3.42. The van der Waals surface area contributed by atoms with Gasteiger partial charge in [0, 0.05) is 16.7 Å². The first-order valence-electron chi connectivity index (χ1n) is 6.79. The maximum absolute atomic E-state index is 12.6. The Balaban J connectivity index is 1.75. The average molecular weight is 336 g/mol. The van der Waals surface area contributed by atoms with E-state index in [1.165, 1.54) is 7.11 Å². The van der Waals surface area contributed by atoms with Gasteiger partial charge in [0.15, 0.2) is 0 Å². The summed E-state index contributed by atoms with van der Waals surface area (Å²) in [5.41, 5.74) is 2.34. The lowest BCUT2D eigenvalue weighted by atomic mass is 10.0. The largest absolute Gasteiger partial charge is 0.465 e. The van der Waals surface area contributed by atoms with Crippen LogP contribution >= 0.6 is 15.9 Å². The van der Waals surface area contributed by atoms with Crippen LogP contribution in [0.25, 0.3) is 0 Å². The van der Waals surface area contributed by atoms with Gasteiger partial charge in [-0.15, -0.1) is 0 Å². The number of hydrogen-bond acceptors (Lipinski definition) is 3. The van der Waals surface area contributed by atoms with E-state index in [4.69, 9.17) is 4.74 Å². The molecule has 1 aromatic carbocycles. The number of benzene rings is 1. The SMILES string of the molecule is COC(=O)c1cc(Br)cc2c1CCN2C(=O)C12CC1C2. The highest BCUT2D eigenvalue weighted by atomic mass is 79.9. The van der Waals surface area contributed by atoms with Crippen molar-refractivity contribution < 1.29 is 14.3 Å². The molecule has 104 valence electrons. The van der Waals surface area contributed by atoms with Crippen molar-refractivity contribution in [2.75, 3.05) is 18.6 Å². The van der Waals surface area contributed by atoms with Gasteiger partial charge in [-0.1, -0.05) is 15.9 Å². The molecule has 20 heavy (non-hydrogen) atoms. The number of fused-ring (bicyclic) bond motifs is 2. The van der Waals surface area contributed by atoms with Crippen molar-refractivity contribution in [2.24, 2.45) is 11.3 Å². The molecule has 3 aliphatic rings. The van der Waals surface area contributed by atoms with E-state index in [1.807, 2.05) is 11.0 Å². The minimum Gasteiger partial charge on any atom is -0.465 e. The number of nitrogens with zero attached hydrogens (tertiary/aromatic N) is 1. The number of anilines is 1. The first-order chi connectivity index (χ1) is 9.56. The van der Waals surface area contributed by atoms with E-state index in [0.29, 0.717) is 18.0 Å². The van der Waals surface area contributed by atoms with E-state index in [-0.39, 0.29) is 17.3 Å². The Kier molecular flexibility index (Phi) is 2.38. The van der Waals surface area contributed by atoms with Crippen LogP contribution in [0.1, 0.15) is 28.8 Å². The first kappa shape index (κ1) is 12.4. The van der Waals surface area contributed by atoms with Crippen LogP contribution in [0.3, 0.4) is 0 Å². The lowest BCUT2D eigenvalue weighted by Gasteiger charge is -2.19. The molecule has 0 bridgehead atoms. The van der Waals surface area contributed by atoms with E-state index >= 15 is 0 Å². The van der Waals surface area contributed by atoms with E-state index in [0.717, 1.165) is 35.0 Å². The highest BCUT2D eigenvalue weighted by Gasteiger charge is 2.75. The van der Waals surface area contributed by atoms with Gasteiger partial charge in [0.05, 0.1) is 18.1 Å². The number of esters is 1. The summed E-state index contributed by atoms with van der Waals surface area (Å²) in [6, 6.07) is 3.71. The first-order valence-corrected chi connectivity index (χ1v) is 7.59. The third-order valence-corrected chi connectivity index (χ3v) is 5.28. The second-order valence-electron chi connectivity index (χ2n) is 5.91.